The summed E-state index contributed by atoms with van der Waals surface area (Å²) in [6, 6.07) is 10.2. The van der Waals surface area contributed by atoms with Gasteiger partial charge in [0.15, 0.2) is 0 Å². The maximum atomic E-state index is 5.46. The van der Waals surface area contributed by atoms with Gasteiger partial charge in [-0.25, -0.2) is 5.10 Å². The van der Waals surface area contributed by atoms with Gasteiger partial charge in [-0.15, -0.1) is 5.10 Å². The van der Waals surface area contributed by atoms with Crippen molar-refractivity contribution >= 4 is 22.8 Å². The molecule has 6 nitrogen and oxygen atoms in total. The predicted molar refractivity (Wildman–Crippen MR) is 74.7 cm³/mol. The summed E-state index contributed by atoms with van der Waals surface area (Å²) in [4.78, 5) is 8.41. The number of H-pyrrole nitrogens is 1. The molecule has 2 aromatic heterocycles. The molecule has 3 rings (SSSR count). The summed E-state index contributed by atoms with van der Waals surface area (Å²) in [5.41, 5.74) is 7.70. The van der Waals surface area contributed by atoms with Crippen LogP contribution in [0.1, 0.15) is 5.56 Å². The molecule has 0 radical (unpaired) electrons. The third kappa shape index (κ3) is 2.47. The van der Waals surface area contributed by atoms with E-state index in [9.17, 15) is 0 Å². The van der Waals surface area contributed by atoms with Crippen molar-refractivity contribution < 1.29 is 0 Å². The lowest BCUT2D eigenvalue weighted by Gasteiger charge is -2.05. The summed E-state index contributed by atoms with van der Waals surface area (Å²) in [5.74, 6) is 0.833. The van der Waals surface area contributed by atoms with Gasteiger partial charge < -0.3 is 11.1 Å². The van der Waals surface area contributed by atoms with Crippen LogP contribution in [0.3, 0.4) is 0 Å². The summed E-state index contributed by atoms with van der Waals surface area (Å²) >= 11 is 0. The van der Waals surface area contributed by atoms with E-state index in [1.165, 1.54) is 5.56 Å². The minimum atomic E-state index is 0.314. The van der Waals surface area contributed by atoms with E-state index < -0.39 is 0 Å². The molecule has 3 aromatic rings. The van der Waals surface area contributed by atoms with Gasteiger partial charge in [-0.3, -0.25) is 4.98 Å². The zero-order valence-corrected chi connectivity index (χ0v) is 10.3. The molecule has 1 aromatic carbocycles. The summed E-state index contributed by atoms with van der Waals surface area (Å²) in [6.07, 6.45) is 2.66. The lowest BCUT2D eigenvalue weighted by atomic mass is 10.1. The number of nitrogens with two attached hydrogens (primary N) is 1. The number of rotatable bonds is 4. The Morgan fingerprint density at radius 1 is 1.21 bits per heavy atom. The zero-order valence-electron chi connectivity index (χ0n) is 10.3. The smallest absolute Gasteiger partial charge is 0.243 e. The molecule has 0 aliphatic carbocycles. The topological polar surface area (TPSA) is 92.5 Å². The number of aromatic amines is 1. The summed E-state index contributed by atoms with van der Waals surface area (Å²) in [6.45, 7) is 0.729. The average Bonchev–Trinajstić information content (AvgIpc) is 2.85. The molecule has 0 amide bonds. The predicted octanol–water partition coefficient (Wildman–Crippen LogP) is 1.59. The number of nitrogens with one attached hydrogen (secondary N) is 2. The molecule has 0 atom stereocenters. The number of fused-ring (bicyclic) bond motifs is 1. The highest BCUT2D eigenvalue weighted by Gasteiger charge is 2.03. The number of hydrogen-bond acceptors (Lipinski definition) is 5. The number of pyridine rings is 1. The highest BCUT2D eigenvalue weighted by molar-refractivity contribution is 5.81. The van der Waals surface area contributed by atoms with Crippen LogP contribution in [0.25, 0.3) is 10.9 Å². The molecule has 96 valence electrons. The highest BCUT2D eigenvalue weighted by atomic mass is 15.3. The Bertz CT molecular complexity index is 685. The molecule has 19 heavy (non-hydrogen) atoms. The van der Waals surface area contributed by atoms with Crippen LogP contribution in [-0.2, 0) is 6.42 Å². The second kappa shape index (κ2) is 4.93. The van der Waals surface area contributed by atoms with Crippen LogP contribution in [0, 0.1) is 0 Å². The van der Waals surface area contributed by atoms with Crippen LogP contribution >= 0.6 is 0 Å². The normalized spacial score (nSPS) is 10.7. The van der Waals surface area contributed by atoms with Gasteiger partial charge in [0.05, 0.1) is 5.52 Å². The van der Waals surface area contributed by atoms with Crippen molar-refractivity contribution in [3.8, 4) is 0 Å². The monoisotopic (exact) mass is 254 g/mol. The molecule has 0 saturated carbocycles. The molecule has 0 aliphatic heterocycles. The van der Waals surface area contributed by atoms with E-state index in [2.05, 4.69) is 43.7 Å². The Hall–Kier alpha value is -2.63. The first-order chi connectivity index (χ1) is 9.33. The Labute approximate surface area is 110 Å². The maximum absolute atomic E-state index is 5.46. The van der Waals surface area contributed by atoms with Crippen LogP contribution in [0.5, 0.6) is 0 Å². The lowest BCUT2D eigenvalue weighted by Crippen LogP contribution is -2.06. The largest absolute Gasteiger partial charge is 0.368 e. The second-order valence-electron chi connectivity index (χ2n) is 4.21. The molecule has 0 aliphatic rings. The fraction of sp³-hybridized carbons (Fsp3) is 0.154. The van der Waals surface area contributed by atoms with Crippen LogP contribution in [0.4, 0.5) is 11.9 Å². The van der Waals surface area contributed by atoms with Crippen molar-refractivity contribution in [2.45, 2.75) is 6.42 Å². The molecule has 6 heteroatoms. The molecular weight excluding hydrogens is 240 g/mol. The maximum Gasteiger partial charge on any atom is 0.243 e. The zero-order chi connectivity index (χ0) is 13.1. The van der Waals surface area contributed by atoms with E-state index >= 15 is 0 Å². The number of benzene rings is 1. The van der Waals surface area contributed by atoms with E-state index in [0.29, 0.717) is 11.9 Å². The molecule has 0 spiro atoms. The van der Waals surface area contributed by atoms with Gasteiger partial charge in [-0.2, -0.15) is 4.98 Å². The Morgan fingerprint density at radius 2 is 2.11 bits per heavy atom. The fourth-order valence-electron chi connectivity index (χ4n) is 2.03. The SMILES string of the molecule is Nc1nc(NCCc2cccc3cccnc23)n[nH]1. The molecule has 2 heterocycles. The minimum Gasteiger partial charge on any atom is -0.368 e. The van der Waals surface area contributed by atoms with E-state index in [1.54, 1.807) is 0 Å². The summed E-state index contributed by atoms with van der Waals surface area (Å²) < 4.78 is 0. The van der Waals surface area contributed by atoms with Crippen LogP contribution < -0.4 is 11.1 Å². The Morgan fingerprint density at radius 3 is 2.95 bits per heavy atom. The molecule has 4 N–H and O–H groups in total. The van der Waals surface area contributed by atoms with Crippen molar-refractivity contribution in [1.82, 2.24) is 20.2 Å². The van der Waals surface area contributed by atoms with Gasteiger partial charge in [0.1, 0.15) is 0 Å². The number of hydrogen-bond donors (Lipinski definition) is 3. The van der Waals surface area contributed by atoms with E-state index in [4.69, 9.17) is 5.73 Å². The Kier molecular flexibility index (Phi) is 2.97. The second-order valence-corrected chi connectivity index (χ2v) is 4.21. The van der Waals surface area contributed by atoms with E-state index in [0.717, 1.165) is 23.9 Å². The fourth-order valence-corrected chi connectivity index (χ4v) is 2.03. The molecule has 0 bridgehead atoms. The van der Waals surface area contributed by atoms with Gasteiger partial charge in [0, 0.05) is 18.1 Å². The van der Waals surface area contributed by atoms with Crippen molar-refractivity contribution in [1.29, 1.82) is 0 Å². The molecular formula is C13H14N6. The minimum absolute atomic E-state index is 0.314. The van der Waals surface area contributed by atoms with Crippen molar-refractivity contribution in [3.05, 3.63) is 42.1 Å². The third-order valence-corrected chi connectivity index (χ3v) is 2.90. The first-order valence-corrected chi connectivity index (χ1v) is 6.07. The lowest BCUT2D eigenvalue weighted by molar-refractivity contribution is 0.988. The quantitative estimate of drug-likeness (QED) is 0.657. The average molecular weight is 254 g/mol. The van der Waals surface area contributed by atoms with Crippen LogP contribution in [0.15, 0.2) is 36.5 Å². The van der Waals surface area contributed by atoms with Gasteiger partial charge in [-0.05, 0) is 18.1 Å². The number of aromatic nitrogens is 4. The number of anilines is 2. The van der Waals surface area contributed by atoms with E-state index in [-0.39, 0.29) is 0 Å². The first kappa shape index (κ1) is 11.5. The highest BCUT2D eigenvalue weighted by Crippen LogP contribution is 2.16. The van der Waals surface area contributed by atoms with Crippen molar-refractivity contribution in [3.63, 3.8) is 0 Å². The first-order valence-electron chi connectivity index (χ1n) is 6.07. The molecule has 0 saturated heterocycles. The molecule has 0 fully saturated rings. The van der Waals surface area contributed by atoms with Crippen molar-refractivity contribution in [2.24, 2.45) is 0 Å². The van der Waals surface area contributed by atoms with Crippen molar-refractivity contribution in [2.75, 3.05) is 17.6 Å². The number of para-hydroxylation sites is 1. The molecule has 0 unspecified atom stereocenters. The third-order valence-electron chi connectivity index (χ3n) is 2.90. The van der Waals surface area contributed by atoms with Gasteiger partial charge >= 0.3 is 0 Å². The van der Waals surface area contributed by atoms with Gasteiger partial charge in [0.2, 0.25) is 11.9 Å². The van der Waals surface area contributed by atoms with Gasteiger partial charge in [0.25, 0.3) is 0 Å². The number of nitrogens with zero attached hydrogens (tertiary/aromatic N) is 3. The summed E-state index contributed by atoms with van der Waals surface area (Å²) in [5, 5.41) is 10.8. The van der Waals surface area contributed by atoms with Crippen LogP contribution in [0.2, 0.25) is 0 Å². The number of nitrogen functional groups attached to an aromatic ring is 1. The van der Waals surface area contributed by atoms with Crippen LogP contribution in [-0.4, -0.2) is 26.7 Å². The van der Waals surface area contributed by atoms with Gasteiger partial charge in [-0.1, -0.05) is 24.3 Å². The standard InChI is InChI=1S/C13H14N6/c14-12-17-13(19-18-12)16-8-6-10-4-1-3-9-5-2-7-15-11(9)10/h1-5,7H,6,8H2,(H4,14,16,17,18,19). The summed E-state index contributed by atoms with van der Waals surface area (Å²) in [7, 11) is 0. The Balaban J connectivity index is 1.71. The van der Waals surface area contributed by atoms with E-state index in [1.807, 2.05) is 18.3 Å².